The number of nitrogens with zero attached hydrogens (tertiary/aromatic N) is 5. The van der Waals surface area contributed by atoms with Crippen molar-refractivity contribution < 1.29 is 9.53 Å². The Balaban J connectivity index is 1.91. The molecule has 4 rings (SSSR count). The van der Waals surface area contributed by atoms with Crippen molar-refractivity contribution in [1.82, 2.24) is 19.9 Å². The van der Waals surface area contributed by atoms with E-state index in [1.54, 1.807) is 56.3 Å². The summed E-state index contributed by atoms with van der Waals surface area (Å²) in [5, 5.41) is 2.53. The standard InChI is InChI=1S/C23H21N7O2/c1-32-21-10-9-18(15-27-21)30(20-8-2-7-19(28-20)29-23(24)31)22(16-5-3-11-25-13-16)17-6-4-12-26-14-17/h2-15,22H,1H3,(H3,24,28,29,31). The zero-order chi connectivity index (χ0) is 22.3. The van der Waals surface area contributed by atoms with Crippen molar-refractivity contribution >= 4 is 23.4 Å². The third kappa shape index (κ3) is 4.62. The SMILES string of the molecule is COc1ccc(N(c2cccc(NC(N)=O)n2)C(c2cccnc2)c2cccnc2)cn1. The molecular formula is C23H21N7O2. The van der Waals surface area contributed by atoms with E-state index >= 15 is 0 Å². The molecule has 0 radical (unpaired) electrons. The van der Waals surface area contributed by atoms with Gasteiger partial charge in [0, 0.05) is 30.9 Å². The van der Waals surface area contributed by atoms with Crippen LogP contribution in [0, 0.1) is 0 Å². The van der Waals surface area contributed by atoms with Crippen LogP contribution in [0.25, 0.3) is 0 Å². The molecule has 0 saturated carbocycles. The monoisotopic (exact) mass is 427 g/mol. The maximum Gasteiger partial charge on any atom is 0.317 e. The Morgan fingerprint density at radius 3 is 2.22 bits per heavy atom. The average molecular weight is 427 g/mol. The number of ether oxygens (including phenoxy) is 1. The number of hydrogen-bond donors (Lipinski definition) is 2. The van der Waals surface area contributed by atoms with E-state index in [4.69, 9.17) is 10.5 Å². The highest BCUT2D eigenvalue weighted by molar-refractivity contribution is 5.87. The summed E-state index contributed by atoms with van der Waals surface area (Å²) in [5.74, 6) is 1.39. The number of carbonyl (C=O) groups is 1. The maximum absolute atomic E-state index is 11.4. The number of amides is 2. The molecule has 0 aliphatic carbocycles. The van der Waals surface area contributed by atoms with Gasteiger partial charge in [-0.3, -0.25) is 15.3 Å². The fourth-order valence-electron chi connectivity index (χ4n) is 3.37. The van der Waals surface area contributed by atoms with E-state index in [1.165, 1.54) is 0 Å². The quantitative estimate of drug-likeness (QED) is 0.461. The smallest absolute Gasteiger partial charge is 0.317 e. The molecule has 4 heterocycles. The minimum Gasteiger partial charge on any atom is -0.481 e. The number of hydrogen-bond acceptors (Lipinski definition) is 7. The first-order valence-corrected chi connectivity index (χ1v) is 9.78. The molecule has 0 aromatic carbocycles. The molecule has 0 spiro atoms. The predicted molar refractivity (Wildman–Crippen MR) is 121 cm³/mol. The normalized spacial score (nSPS) is 10.6. The number of primary amides is 1. The van der Waals surface area contributed by atoms with E-state index in [-0.39, 0.29) is 6.04 Å². The average Bonchev–Trinajstić information content (AvgIpc) is 2.83. The van der Waals surface area contributed by atoms with Crippen LogP contribution in [0.4, 0.5) is 22.1 Å². The number of anilines is 3. The van der Waals surface area contributed by atoms with E-state index in [0.29, 0.717) is 17.5 Å². The Hall–Kier alpha value is -4.53. The van der Waals surface area contributed by atoms with E-state index in [1.807, 2.05) is 41.3 Å². The van der Waals surface area contributed by atoms with Gasteiger partial charge in [0.05, 0.1) is 25.0 Å². The van der Waals surface area contributed by atoms with E-state index < -0.39 is 6.03 Å². The summed E-state index contributed by atoms with van der Waals surface area (Å²) < 4.78 is 5.22. The van der Waals surface area contributed by atoms with Gasteiger partial charge in [0.15, 0.2) is 0 Å². The van der Waals surface area contributed by atoms with Gasteiger partial charge in [0.25, 0.3) is 0 Å². The number of pyridine rings is 4. The zero-order valence-corrected chi connectivity index (χ0v) is 17.3. The number of carbonyl (C=O) groups excluding carboxylic acids is 1. The molecule has 0 unspecified atom stereocenters. The van der Waals surface area contributed by atoms with Crippen LogP contribution in [-0.4, -0.2) is 33.1 Å². The van der Waals surface area contributed by atoms with Crippen molar-refractivity contribution in [1.29, 1.82) is 0 Å². The second-order valence-electron chi connectivity index (χ2n) is 6.77. The third-order valence-corrected chi connectivity index (χ3v) is 4.70. The summed E-state index contributed by atoms with van der Waals surface area (Å²) in [6.45, 7) is 0. The Kier molecular flexibility index (Phi) is 6.17. The molecular weight excluding hydrogens is 406 g/mol. The number of methoxy groups -OCH3 is 1. The molecule has 0 saturated heterocycles. The fourth-order valence-corrected chi connectivity index (χ4v) is 3.37. The van der Waals surface area contributed by atoms with Crippen LogP contribution in [0.15, 0.2) is 85.6 Å². The number of urea groups is 1. The van der Waals surface area contributed by atoms with Gasteiger partial charge >= 0.3 is 6.03 Å². The minimum absolute atomic E-state index is 0.330. The predicted octanol–water partition coefficient (Wildman–Crippen LogP) is 3.69. The van der Waals surface area contributed by atoms with Crippen molar-refractivity contribution in [2.75, 3.05) is 17.3 Å². The van der Waals surface area contributed by atoms with E-state index in [2.05, 4.69) is 25.3 Å². The highest BCUT2D eigenvalue weighted by Gasteiger charge is 2.26. The maximum atomic E-state index is 11.4. The first-order chi connectivity index (χ1) is 15.7. The largest absolute Gasteiger partial charge is 0.481 e. The lowest BCUT2D eigenvalue weighted by atomic mass is 9.99. The summed E-state index contributed by atoms with van der Waals surface area (Å²) >= 11 is 0. The molecule has 2 amide bonds. The van der Waals surface area contributed by atoms with Gasteiger partial charge in [0.2, 0.25) is 5.88 Å². The molecule has 0 aliphatic heterocycles. The van der Waals surface area contributed by atoms with Crippen LogP contribution in [0.2, 0.25) is 0 Å². The Bertz CT molecular complexity index is 1130. The van der Waals surface area contributed by atoms with Gasteiger partial charge in [-0.25, -0.2) is 14.8 Å². The van der Waals surface area contributed by atoms with Gasteiger partial charge in [-0.15, -0.1) is 0 Å². The highest BCUT2D eigenvalue weighted by atomic mass is 16.5. The molecule has 3 N–H and O–H groups in total. The summed E-state index contributed by atoms with van der Waals surface area (Å²) in [6.07, 6.45) is 8.74. The Morgan fingerprint density at radius 1 is 0.969 bits per heavy atom. The lowest BCUT2D eigenvalue weighted by Crippen LogP contribution is -2.27. The minimum atomic E-state index is -0.691. The molecule has 0 aliphatic rings. The summed E-state index contributed by atoms with van der Waals surface area (Å²) in [6, 6.07) is 15.7. The van der Waals surface area contributed by atoms with Crippen LogP contribution < -0.4 is 20.7 Å². The molecule has 0 atom stereocenters. The second-order valence-corrected chi connectivity index (χ2v) is 6.77. The van der Waals surface area contributed by atoms with Crippen molar-refractivity contribution in [2.24, 2.45) is 5.73 Å². The van der Waals surface area contributed by atoms with Gasteiger partial charge in [-0.1, -0.05) is 18.2 Å². The molecule has 9 nitrogen and oxygen atoms in total. The van der Waals surface area contributed by atoms with Crippen LogP contribution in [0.3, 0.4) is 0 Å². The van der Waals surface area contributed by atoms with E-state index in [0.717, 1.165) is 16.8 Å². The lowest BCUT2D eigenvalue weighted by molar-refractivity contribution is 0.259. The Morgan fingerprint density at radius 2 is 1.69 bits per heavy atom. The zero-order valence-electron chi connectivity index (χ0n) is 17.3. The van der Waals surface area contributed by atoms with Crippen LogP contribution in [-0.2, 0) is 0 Å². The fraction of sp³-hybridized carbons (Fsp3) is 0.0870. The van der Waals surface area contributed by atoms with Gasteiger partial charge in [-0.05, 0) is 41.5 Å². The third-order valence-electron chi connectivity index (χ3n) is 4.70. The van der Waals surface area contributed by atoms with Gasteiger partial charge in [-0.2, -0.15) is 0 Å². The van der Waals surface area contributed by atoms with Crippen molar-refractivity contribution in [3.05, 3.63) is 96.7 Å². The summed E-state index contributed by atoms with van der Waals surface area (Å²) in [4.78, 5) is 31.0. The molecule has 0 bridgehead atoms. The molecule has 4 aromatic rings. The molecule has 0 fully saturated rings. The first kappa shape index (κ1) is 20.7. The number of rotatable bonds is 7. The van der Waals surface area contributed by atoms with Crippen LogP contribution in [0.1, 0.15) is 17.2 Å². The Labute approximate surface area is 185 Å². The topological polar surface area (TPSA) is 119 Å². The van der Waals surface area contributed by atoms with Gasteiger partial charge in [0.1, 0.15) is 11.6 Å². The van der Waals surface area contributed by atoms with Crippen molar-refractivity contribution in [3.63, 3.8) is 0 Å². The van der Waals surface area contributed by atoms with Gasteiger partial charge < -0.3 is 15.4 Å². The number of nitrogens with two attached hydrogens (primary N) is 1. The second kappa shape index (κ2) is 9.52. The first-order valence-electron chi connectivity index (χ1n) is 9.78. The van der Waals surface area contributed by atoms with Crippen molar-refractivity contribution in [3.8, 4) is 5.88 Å². The van der Waals surface area contributed by atoms with Crippen LogP contribution in [0.5, 0.6) is 5.88 Å². The number of nitrogens with one attached hydrogen (secondary N) is 1. The molecule has 9 heteroatoms. The summed E-state index contributed by atoms with van der Waals surface area (Å²) in [5.41, 5.74) is 7.89. The summed E-state index contributed by atoms with van der Waals surface area (Å²) in [7, 11) is 1.56. The lowest BCUT2D eigenvalue weighted by Gasteiger charge is -2.33. The number of aromatic nitrogens is 4. The van der Waals surface area contributed by atoms with Crippen LogP contribution >= 0.6 is 0 Å². The molecule has 4 aromatic heterocycles. The van der Waals surface area contributed by atoms with Crippen molar-refractivity contribution in [2.45, 2.75) is 6.04 Å². The molecule has 160 valence electrons. The molecule has 32 heavy (non-hydrogen) atoms. The highest BCUT2D eigenvalue weighted by Crippen LogP contribution is 2.38. The van der Waals surface area contributed by atoms with E-state index in [9.17, 15) is 4.79 Å².